The molecule has 0 radical (unpaired) electrons. The lowest BCUT2D eigenvalue weighted by atomic mass is 10.1. The maximum absolute atomic E-state index is 14.6. The van der Waals surface area contributed by atoms with Crippen molar-refractivity contribution in [2.75, 3.05) is 25.1 Å². The smallest absolute Gasteiger partial charge is 0.303 e. The van der Waals surface area contributed by atoms with Gasteiger partial charge >= 0.3 is 5.97 Å². The molecule has 0 atom stereocenters. The number of carboxylic acid groups (broad SMARTS) is 1. The number of pyridine rings is 1. The molecule has 0 saturated heterocycles. The molecule has 1 aliphatic carbocycles. The third-order valence-electron chi connectivity index (χ3n) is 4.72. The Morgan fingerprint density at radius 3 is 2.61 bits per heavy atom. The lowest BCUT2D eigenvalue weighted by Crippen LogP contribution is -2.21. The fourth-order valence-electron chi connectivity index (χ4n) is 2.96. The van der Waals surface area contributed by atoms with E-state index in [1.807, 2.05) is 0 Å². The summed E-state index contributed by atoms with van der Waals surface area (Å²) in [6.45, 7) is 0.980. The number of carboxylic acids is 1. The largest absolute Gasteiger partial charge is 0.481 e. The van der Waals surface area contributed by atoms with E-state index >= 15 is 0 Å². The number of hydrogen-bond donors (Lipinski definition) is 1. The molecule has 1 heterocycles. The number of unbranched alkanes of at least 4 members (excludes halogenated alkanes) is 1. The van der Waals surface area contributed by atoms with Gasteiger partial charge in [-0.2, -0.15) is 0 Å². The summed E-state index contributed by atoms with van der Waals surface area (Å²) < 4.78 is 34.9. The van der Waals surface area contributed by atoms with Crippen LogP contribution >= 0.6 is 0 Å². The summed E-state index contributed by atoms with van der Waals surface area (Å²) in [5, 5.41) is 8.66. The van der Waals surface area contributed by atoms with Crippen molar-refractivity contribution in [1.29, 1.82) is 0 Å². The number of aromatic nitrogens is 1. The third kappa shape index (κ3) is 5.41. The summed E-state index contributed by atoms with van der Waals surface area (Å²) in [5.41, 5.74) is 0.664. The predicted molar refractivity (Wildman–Crippen MR) is 103 cm³/mol. The molecule has 2 aromatic rings. The van der Waals surface area contributed by atoms with E-state index < -0.39 is 17.6 Å². The minimum absolute atomic E-state index is 0.0442. The van der Waals surface area contributed by atoms with Gasteiger partial charge in [-0.3, -0.25) is 4.79 Å². The van der Waals surface area contributed by atoms with Crippen molar-refractivity contribution >= 4 is 11.7 Å². The molecule has 1 aromatic heterocycles. The first kappa shape index (κ1) is 20.0. The number of ether oxygens (including phenoxy) is 1. The highest BCUT2D eigenvalue weighted by Crippen LogP contribution is 2.31. The molecule has 150 valence electrons. The number of anilines is 1. The van der Waals surface area contributed by atoms with Crippen LogP contribution in [0.15, 0.2) is 30.3 Å². The first-order valence-corrected chi connectivity index (χ1v) is 9.46. The van der Waals surface area contributed by atoms with Crippen LogP contribution in [0.5, 0.6) is 5.88 Å². The molecule has 28 heavy (non-hydrogen) atoms. The Bertz CT molecular complexity index is 817. The fourth-order valence-corrected chi connectivity index (χ4v) is 2.96. The molecular weight excluding hydrogens is 366 g/mol. The first-order chi connectivity index (χ1) is 13.4. The topological polar surface area (TPSA) is 62.7 Å². The molecule has 1 aliphatic rings. The standard InChI is InChI=1S/C21H24F2N2O3/c1-25(10-3-2-7-20(26)27)21-16(22)11-15(12-17(21)23)18-5-4-6-19(24-18)28-13-14-8-9-14/h4-6,11-12,14H,2-3,7-10,13H2,1H3,(H,26,27). The lowest BCUT2D eigenvalue weighted by Gasteiger charge is -2.21. The van der Waals surface area contributed by atoms with Crippen LogP contribution in [-0.2, 0) is 4.79 Å². The molecule has 5 nitrogen and oxygen atoms in total. The van der Waals surface area contributed by atoms with Gasteiger partial charge < -0.3 is 14.7 Å². The van der Waals surface area contributed by atoms with Gasteiger partial charge in [0.25, 0.3) is 0 Å². The van der Waals surface area contributed by atoms with Crippen LogP contribution in [0.2, 0.25) is 0 Å². The molecule has 0 aliphatic heterocycles. The Hall–Kier alpha value is -2.70. The number of carbonyl (C=O) groups is 1. The molecule has 1 aromatic carbocycles. The van der Waals surface area contributed by atoms with Crippen LogP contribution in [0.25, 0.3) is 11.3 Å². The number of halogens is 2. The van der Waals surface area contributed by atoms with Crippen LogP contribution in [0.4, 0.5) is 14.5 Å². The second-order valence-corrected chi connectivity index (χ2v) is 7.18. The Balaban J connectivity index is 1.70. The van der Waals surface area contributed by atoms with Crippen molar-refractivity contribution in [1.82, 2.24) is 4.98 Å². The second-order valence-electron chi connectivity index (χ2n) is 7.18. The highest BCUT2D eigenvalue weighted by atomic mass is 19.1. The first-order valence-electron chi connectivity index (χ1n) is 9.46. The van der Waals surface area contributed by atoms with Crippen molar-refractivity contribution in [3.8, 4) is 17.1 Å². The van der Waals surface area contributed by atoms with Crippen molar-refractivity contribution in [3.63, 3.8) is 0 Å². The fraction of sp³-hybridized carbons (Fsp3) is 0.429. The summed E-state index contributed by atoms with van der Waals surface area (Å²) in [7, 11) is 1.59. The van der Waals surface area contributed by atoms with Gasteiger partial charge in [0.1, 0.15) is 17.3 Å². The zero-order chi connectivity index (χ0) is 20.1. The van der Waals surface area contributed by atoms with E-state index in [1.165, 1.54) is 29.9 Å². The average Bonchev–Trinajstić information content (AvgIpc) is 3.47. The van der Waals surface area contributed by atoms with E-state index in [1.54, 1.807) is 25.2 Å². The van der Waals surface area contributed by atoms with Gasteiger partial charge in [0.05, 0.1) is 12.3 Å². The SMILES string of the molecule is CN(CCCCC(=O)O)c1c(F)cc(-c2cccc(OCC3CC3)n2)cc1F. The van der Waals surface area contributed by atoms with Crippen molar-refractivity contribution in [2.24, 2.45) is 5.92 Å². The molecule has 1 N–H and O–H groups in total. The maximum atomic E-state index is 14.6. The summed E-state index contributed by atoms with van der Waals surface area (Å²) in [5.74, 6) is -1.20. The molecular formula is C21H24F2N2O3. The number of rotatable bonds is 10. The highest BCUT2D eigenvalue weighted by Gasteiger charge is 2.22. The third-order valence-corrected chi connectivity index (χ3v) is 4.72. The Morgan fingerprint density at radius 1 is 1.25 bits per heavy atom. The van der Waals surface area contributed by atoms with E-state index in [0.717, 1.165) is 0 Å². The zero-order valence-corrected chi connectivity index (χ0v) is 15.8. The van der Waals surface area contributed by atoms with Crippen molar-refractivity contribution in [2.45, 2.75) is 32.1 Å². The Morgan fingerprint density at radius 2 is 1.96 bits per heavy atom. The summed E-state index contributed by atoms with van der Waals surface area (Å²) in [4.78, 5) is 16.4. The monoisotopic (exact) mass is 390 g/mol. The molecule has 0 amide bonds. The average molecular weight is 390 g/mol. The minimum atomic E-state index is -0.875. The second kappa shape index (κ2) is 8.99. The van der Waals surface area contributed by atoms with Crippen molar-refractivity contribution < 1.29 is 23.4 Å². The zero-order valence-electron chi connectivity index (χ0n) is 15.8. The predicted octanol–water partition coefficient (Wildman–Crippen LogP) is 4.51. The van der Waals surface area contributed by atoms with E-state index in [-0.39, 0.29) is 12.1 Å². The quantitative estimate of drug-likeness (QED) is 0.605. The van der Waals surface area contributed by atoms with Gasteiger partial charge in [0.2, 0.25) is 5.88 Å². The number of benzene rings is 1. The number of hydrogen-bond acceptors (Lipinski definition) is 4. The van der Waals surface area contributed by atoms with Gasteiger partial charge in [0.15, 0.2) is 0 Å². The summed E-state index contributed by atoms with van der Waals surface area (Å²) >= 11 is 0. The minimum Gasteiger partial charge on any atom is -0.481 e. The number of aliphatic carboxylic acids is 1. The van der Waals surface area contributed by atoms with Crippen LogP contribution in [0.1, 0.15) is 32.1 Å². The Labute approximate surface area is 163 Å². The highest BCUT2D eigenvalue weighted by molar-refractivity contribution is 5.66. The molecule has 0 unspecified atom stereocenters. The molecule has 3 rings (SSSR count). The molecule has 1 saturated carbocycles. The normalized spacial score (nSPS) is 13.4. The summed E-state index contributed by atoms with van der Waals surface area (Å²) in [6, 6.07) is 7.70. The lowest BCUT2D eigenvalue weighted by molar-refractivity contribution is -0.137. The molecule has 0 spiro atoms. The maximum Gasteiger partial charge on any atom is 0.303 e. The van der Waals surface area contributed by atoms with Crippen LogP contribution in [-0.4, -0.2) is 36.3 Å². The van der Waals surface area contributed by atoms with Crippen LogP contribution in [0.3, 0.4) is 0 Å². The Kier molecular flexibility index (Phi) is 6.44. The van der Waals surface area contributed by atoms with Gasteiger partial charge in [-0.05, 0) is 49.8 Å². The van der Waals surface area contributed by atoms with E-state index in [4.69, 9.17) is 9.84 Å². The van der Waals surface area contributed by atoms with E-state index in [2.05, 4.69) is 4.98 Å². The summed E-state index contributed by atoms with van der Waals surface area (Å²) in [6.07, 6.45) is 3.37. The molecule has 0 bridgehead atoms. The van der Waals surface area contributed by atoms with Gasteiger partial charge in [-0.1, -0.05) is 6.07 Å². The van der Waals surface area contributed by atoms with Gasteiger partial charge in [0, 0.05) is 31.6 Å². The number of nitrogens with zero attached hydrogens (tertiary/aromatic N) is 2. The van der Waals surface area contributed by atoms with Gasteiger partial charge in [-0.25, -0.2) is 13.8 Å². The van der Waals surface area contributed by atoms with Crippen LogP contribution < -0.4 is 9.64 Å². The van der Waals surface area contributed by atoms with E-state index in [0.29, 0.717) is 49.0 Å². The van der Waals surface area contributed by atoms with Gasteiger partial charge in [-0.15, -0.1) is 0 Å². The molecule has 1 fully saturated rings. The van der Waals surface area contributed by atoms with Crippen LogP contribution in [0, 0.1) is 17.6 Å². The van der Waals surface area contributed by atoms with E-state index in [9.17, 15) is 13.6 Å². The molecule has 7 heteroatoms. The van der Waals surface area contributed by atoms with Crippen molar-refractivity contribution in [3.05, 3.63) is 42.0 Å².